The summed E-state index contributed by atoms with van der Waals surface area (Å²) in [4.78, 5) is 14.0. The molecule has 1 aromatic rings. The minimum absolute atomic E-state index is 0.144. The minimum Gasteiger partial charge on any atom is -0.408 e. The maximum Gasteiger partial charge on any atom is 0.322 e. The van der Waals surface area contributed by atoms with E-state index in [0.29, 0.717) is 18.4 Å². The van der Waals surface area contributed by atoms with E-state index >= 15 is 0 Å². The number of aliphatic hydroxyl groups is 1. The SMILES string of the molecule is CC(C)c1nnc(NC(=O)CN2CCC(CCO)C2)o1. The highest BCUT2D eigenvalue weighted by atomic mass is 16.4. The standard InChI is InChI=1S/C13H22N4O3/c1-9(2)12-15-16-13(20-12)14-11(19)8-17-5-3-10(7-17)4-6-18/h9-10,18H,3-8H2,1-2H3,(H,14,16,19). The van der Waals surface area contributed by atoms with Crippen LogP contribution in [0.5, 0.6) is 0 Å². The number of nitrogens with one attached hydrogen (secondary N) is 1. The average Bonchev–Trinajstić information content (AvgIpc) is 2.99. The third kappa shape index (κ3) is 4.01. The fourth-order valence-corrected chi connectivity index (χ4v) is 2.35. The molecule has 1 aliphatic rings. The summed E-state index contributed by atoms with van der Waals surface area (Å²) in [5.74, 6) is 1.01. The van der Waals surface area contributed by atoms with E-state index in [1.165, 1.54) is 0 Å². The van der Waals surface area contributed by atoms with Gasteiger partial charge in [0, 0.05) is 19.1 Å². The van der Waals surface area contributed by atoms with Crippen molar-refractivity contribution in [2.75, 3.05) is 31.6 Å². The predicted molar refractivity (Wildman–Crippen MR) is 73.3 cm³/mol. The number of carbonyl (C=O) groups excluding carboxylic acids is 1. The first-order valence-electron chi connectivity index (χ1n) is 7.05. The van der Waals surface area contributed by atoms with Crippen molar-refractivity contribution in [1.29, 1.82) is 0 Å². The van der Waals surface area contributed by atoms with Crippen LogP contribution in [-0.2, 0) is 4.79 Å². The smallest absolute Gasteiger partial charge is 0.322 e. The van der Waals surface area contributed by atoms with Gasteiger partial charge < -0.3 is 9.52 Å². The molecule has 0 bridgehead atoms. The summed E-state index contributed by atoms with van der Waals surface area (Å²) in [6.07, 6.45) is 1.84. The van der Waals surface area contributed by atoms with Crippen LogP contribution in [0.15, 0.2) is 4.42 Å². The van der Waals surface area contributed by atoms with Crippen LogP contribution >= 0.6 is 0 Å². The maximum atomic E-state index is 11.9. The number of likely N-dealkylation sites (tertiary alicyclic amines) is 1. The molecule has 2 N–H and O–H groups in total. The van der Waals surface area contributed by atoms with E-state index in [9.17, 15) is 4.79 Å². The second-order valence-electron chi connectivity index (χ2n) is 5.55. The molecule has 7 nitrogen and oxygen atoms in total. The fraction of sp³-hybridized carbons (Fsp3) is 0.769. The quantitative estimate of drug-likeness (QED) is 0.803. The first-order valence-corrected chi connectivity index (χ1v) is 7.05. The minimum atomic E-state index is -0.145. The Balaban J connectivity index is 1.78. The van der Waals surface area contributed by atoms with Gasteiger partial charge in [0.2, 0.25) is 11.8 Å². The zero-order chi connectivity index (χ0) is 14.5. The van der Waals surface area contributed by atoms with Crippen LogP contribution in [0.3, 0.4) is 0 Å². The highest BCUT2D eigenvalue weighted by molar-refractivity contribution is 5.90. The lowest BCUT2D eigenvalue weighted by Crippen LogP contribution is -2.31. The number of anilines is 1. The van der Waals surface area contributed by atoms with Crippen molar-refractivity contribution in [3.8, 4) is 0 Å². The third-order valence-corrected chi connectivity index (χ3v) is 3.46. The molecule has 1 amide bonds. The summed E-state index contributed by atoms with van der Waals surface area (Å²) < 4.78 is 5.33. The molecule has 1 unspecified atom stereocenters. The van der Waals surface area contributed by atoms with E-state index in [2.05, 4.69) is 20.4 Å². The Kier molecular flexibility index (Phi) is 5.08. The van der Waals surface area contributed by atoms with Gasteiger partial charge in [-0.05, 0) is 25.3 Å². The molecule has 112 valence electrons. The van der Waals surface area contributed by atoms with Gasteiger partial charge in [0.1, 0.15) is 0 Å². The Morgan fingerprint density at radius 2 is 2.35 bits per heavy atom. The van der Waals surface area contributed by atoms with E-state index in [-0.39, 0.29) is 24.4 Å². The maximum absolute atomic E-state index is 11.9. The molecule has 0 radical (unpaired) electrons. The first-order chi connectivity index (χ1) is 9.58. The Bertz CT molecular complexity index is 447. The lowest BCUT2D eigenvalue weighted by molar-refractivity contribution is -0.117. The van der Waals surface area contributed by atoms with Gasteiger partial charge in [-0.2, -0.15) is 0 Å². The molecule has 20 heavy (non-hydrogen) atoms. The Labute approximate surface area is 118 Å². The summed E-state index contributed by atoms with van der Waals surface area (Å²) >= 11 is 0. The van der Waals surface area contributed by atoms with Gasteiger partial charge in [-0.15, -0.1) is 5.10 Å². The van der Waals surface area contributed by atoms with Crippen molar-refractivity contribution >= 4 is 11.9 Å². The van der Waals surface area contributed by atoms with Crippen LogP contribution in [0.25, 0.3) is 0 Å². The van der Waals surface area contributed by atoms with Crippen LogP contribution < -0.4 is 5.32 Å². The average molecular weight is 282 g/mol. The van der Waals surface area contributed by atoms with Crippen molar-refractivity contribution in [3.63, 3.8) is 0 Å². The van der Waals surface area contributed by atoms with E-state index in [0.717, 1.165) is 25.9 Å². The van der Waals surface area contributed by atoms with Gasteiger partial charge in [-0.25, -0.2) is 0 Å². The first kappa shape index (κ1) is 14.9. The highest BCUT2D eigenvalue weighted by Crippen LogP contribution is 2.19. The second-order valence-corrected chi connectivity index (χ2v) is 5.55. The van der Waals surface area contributed by atoms with Gasteiger partial charge in [-0.3, -0.25) is 15.0 Å². The van der Waals surface area contributed by atoms with Gasteiger partial charge in [0.25, 0.3) is 0 Å². The molecule has 1 aromatic heterocycles. The normalized spacial score (nSPS) is 19.7. The molecule has 0 aliphatic carbocycles. The van der Waals surface area contributed by atoms with Gasteiger partial charge in [0.15, 0.2) is 0 Å². The molecule has 1 aliphatic heterocycles. The Morgan fingerprint density at radius 1 is 1.55 bits per heavy atom. The monoisotopic (exact) mass is 282 g/mol. The van der Waals surface area contributed by atoms with Gasteiger partial charge >= 0.3 is 6.01 Å². The molecule has 1 atom stereocenters. The largest absolute Gasteiger partial charge is 0.408 e. The lowest BCUT2D eigenvalue weighted by Gasteiger charge is -2.14. The number of hydrogen-bond donors (Lipinski definition) is 2. The number of rotatable bonds is 6. The van der Waals surface area contributed by atoms with Crippen molar-refractivity contribution in [1.82, 2.24) is 15.1 Å². The fourth-order valence-electron chi connectivity index (χ4n) is 2.35. The molecular weight excluding hydrogens is 260 g/mol. The van der Waals surface area contributed by atoms with Gasteiger partial charge in [0.05, 0.1) is 6.54 Å². The van der Waals surface area contributed by atoms with Crippen LogP contribution in [0.2, 0.25) is 0 Å². The third-order valence-electron chi connectivity index (χ3n) is 3.46. The van der Waals surface area contributed by atoms with Crippen molar-refractivity contribution in [2.45, 2.75) is 32.6 Å². The predicted octanol–water partition coefficient (Wildman–Crippen LogP) is 0.836. The van der Waals surface area contributed by atoms with E-state index in [1.54, 1.807) is 0 Å². The number of aromatic nitrogens is 2. The van der Waals surface area contributed by atoms with Crippen LogP contribution in [0, 0.1) is 5.92 Å². The molecular formula is C13H22N4O3. The summed E-state index contributed by atoms with van der Waals surface area (Å²) in [7, 11) is 0. The van der Waals surface area contributed by atoms with Gasteiger partial charge in [-0.1, -0.05) is 18.9 Å². The number of hydrogen-bond acceptors (Lipinski definition) is 6. The zero-order valence-corrected chi connectivity index (χ0v) is 12.0. The van der Waals surface area contributed by atoms with Crippen LogP contribution in [-0.4, -0.2) is 52.4 Å². The number of aliphatic hydroxyl groups excluding tert-OH is 1. The van der Waals surface area contributed by atoms with E-state index in [1.807, 2.05) is 13.8 Å². The molecule has 2 heterocycles. The zero-order valence-electron chi connectivity index (χ0n) is 12.0. The van der Waals surface area contributed by atoms with Crippen LogP contribution in [0.4, 0.5) is 6.01 Å². The summed E-state index contributed by atoms with van der Waals surface area (Å²) in [6, 6.07) is 0.157. The second kappa shape index (κ2) is 6.81. The summed E-state index contributed by atoms with van der Waals surface area (Å²) in [5.41, 5.74) is 0. The molecule has 2 rings (SSSR count). The van der Waals surface area contributed by atoms with Crippen LogP contribution in [0.1, 0.15) is 38.5 Å². The lowest BCUT2D eigenvalue weighted by atomic mass is 10.1. The molecule has 0 aromatic carbocycles. The van der Waals surface area contributed by atoms with Crippen molar-refractivity contribution in [2.24, 2.45) is 5.92 Å². The topological polar surface area (TPSA) is 91.5 Å². The Hall–Kier alpha value is -1.47. The number of amides is 1. The molecule has 1 saturated heterocycles. The number of carbonyl (C=O) groups is 1. The molecule has 7 heteroatoms. The van der Waals surface area contributed by atoms with Crippen molar-refractivity contribution in [3.05, 3.63) is 5.89 Å². The van der Waals surface area contributed by atoms with Crippen molar-refractivity contribution < 1.29 is 14.3 Å². The highest BCUT2D eigenvalue weighted by Gasteiger charge is 2.24. The van der Waals surface area contributed by atoms with E-state index < -0.39 is 0 Å². The summed E-state index contributed by atoms with van der Waals surface area (Å²) in [5, 5.41) is 19.2. The van der Waals surface area contributed by atoms with E-state index in [4.69, 9.17) is 9.52 Å². The molecule has 0 spiro atoms. The summed E-state index contributed by atoms with van der Waals surface area (Å²) in [6.45, 7) is 6.18. The molecule has 0 saturated carbocycles. The number of nitrogens with zero attached hydrogens (tertiary/aromatic N) is 3. The molecule has 1 fully saturated rings. The Morgan fingerprint density at radius 3 is 3.00 bits per heavy atom.